The van der Waals surface area contributed by atoms with Crippen molar-refractivity contribution < 1.29 is 14.3 Å². The van der Waals surface area contributed by atoms with E-state index in [1.807, 2.05) is 11.8 Å². The minimum absolute atomic E-state index is 0.0447. The van der Waals surface area contributed by atoms with E-state index in [2.05, 4.69) is 25.8 Å². The van der Waals surface area contributed by atoms with Crippen LogP contribution >= 0.6 is 0 Å². The molecule has 1 saturated heterocycles. The summed E-state index contributed by atoms with van der Waals surface area (Å²) in [7, 11) is 0. The second-order valence-corrected chi connectivity index (χ2v) is 6.37. The van der Waals surface area contributed by atoms with Crippen molar-refractivity contribution in [3.8, 4) is 5.88 Å². The Balaban J connectivity index is 2.17. The lowest BCUT2D eigenvalue weighted by molar-refractivity contribution is 0.0205. The van der Waals surface area contributed by atoms with Crippen LogP contribution in [-0.2, 0) is 4.74 Å². The number of rotatable bonds is 6. The molecule has 1 amide bonds. The number of hydrogen-bond acceptors (Lipinski definition) is 4. The molecule has 0 bridgehead atoms. The Bertz CT molecular complexity index is 513. The SMILES string of the molecule is CCC(C)Oc1cc(C(=O)N(C(C)C)C2CCOCC2)ccn1. The van der Waals surface area contributed by atoms with E-state index in [9.17, 15) is 4.79 Å². The molecule has 2 rings (SSSR count). The number of carbonyl (C=O) groups is 1. The first-order valence-corrected chi connectivity index (χ1v) is 8.56. The highest BCUT2D eigenvalue weighted by atomic mass is 16.5. The summed E-state index contributed by atoms with van der Waals surface area (Å²) >= 11 is 0. The molecule has 1 aliphatic rings. The van der Waals surface area contributed by atoms with Gasteiger partial charge in [0.1, 0.15) is 0 Å². The molecule has 128 valence electrons. The van der Waals surface area contributed by atoms with Crippen molar-refractivity contribution in [2.24, 2.45) is 0 Å². The molecule has 5 heteroatoms. The van der Waals surface area contributed by atoms with Gasteiger partial charge in [0, 0.05) is 43.1 Å². The summed E-state index contributed by atoms with van der Waals surface area (Å²) in [5.41, 5.74) is 0.637. The van der Waals surface area contributed by atoms with E-state index in [0.717, 1.165) is 32.5 Å². The van der Waals surface area contributed by atoms with Gasteiger partial charge in [-0.05, 0) is 46.1 Å². The van der Waals surface area contributed by atoms with Crippen LogP contribution in [0.1, 0.15) is 57.3 Å². The summed E-state index contributed by atoms with van der Waals surface area (Å²) in [6.45, 7) is 9.62. The Morgan fingerprint density at radius 2 is 2.09 bits per heavy atom. The monoisotopic (exact) mass is 320 g/mol. The number of hydrogen-bond donors (Lipinski definition) is 0. The van der Waals surface area contributed by atoms with Gasteiger partial charge in [-0.2, -0.15) is 0 Å². The standard InChI is InChI=1S/C18H28N2O3/c1-5-14(4)23-17-12-15(6-9-19-17)18(21)20(13(2)3)16-7-10-22-11-8-16/h6,9,12-14,16H,5,7-8,10-11H2,1-4H3. The lowest BCUT2D eigenvalue weighted by Gasteiger charge is -2.37. The molecule has 0 radical (unpaired) electrons. The van der Waals surface area contributed by atoms with Crippen LogP contribution < -0.4 is 4.74 Å². The summed E-state index contributed by atoms with van der Waals surface area (Å²) < 4.78 is 11.2. The van der Waals surface area contributed by atoms with Crippen LogP contribution in [0, 0.1) is 0 Å². The summed E-state index contributed by atoms with van der Waals surface area (Å²) in [6, 6.07) is 3.91. The minimum Gasteiger partial charge on any atom is -0.475 e. The smallest absolute Gasteiger partial charge is 0.254 e. The van der Waals surface area contributed by atoms with E-state index in [1.165, 1.54) is 0 Å². The fraction of sp³-hybridized carbons (Fsp3) is 0.667. The molecule has 5 nitrogen and oxygen atoms in total. The van der Waals surface area contributed by atoms with Gasteiger partial charge < -0.3 is 14.4 Å². The number of nitrogens with zero attached hydrogens (tertiary/aromatic N) is 2. The zero-order chi connectivity index (χ0) is 16.8. The molecule has 23 heavy (non-hydrogen) atoms. The van der Waals surface area contributed by atoms with Gasteiger partial charge in [-0.3, -0.25) is 4.79 Å². The molecule has 0 saturated carbocycles. The lowest BCUT2D eigenvalue weighted by Crippen LogP contribution is -2.47. The molecule has 1 unspecified atom stereocenters. The largest absolute Gasteiger partial charge is 0.475 e. The average Bonchev–Trinajstić information content (AvgIpc) is 2.55. The fourth-order valence-electron chi connectivity index (χ4n) is 2.83. The maximum absolute atomic E-state index is 13.0. The predicted molar refractivity (Wildman–Crippen MR) is 89.8 cm³/mol. The molecular weight excluding hydrogens is 292 g/mol. The van der Waals surface area contributed by atoms with Crippen molar-refractivity contribution in [2.75, 3.05) is 13.2 Å². The summed E-state index contributed by atoms with van der Waals surface area (Å²) in [5.74, 6) is 0.559. The first kappa shape index (κ1) is 17.7. The van der Waals surface area contributed by atoms with Crippen LogP contribution in [0.5, 0.6) is 5.88 Å². The molecule has 0 N–H and O–H groups in total. The highest BCUT2D eigenvalue weighted by molar-refractivity contribution is 5.94. The highest BCUT2D eigenvalue weighted by Gasteiger charge is 2.29. The van der Waals surface area contributed by atoms with Crippen molar-refractivity contribution in [1.82, 2.24) is 9.88 Å². The van der Waals surface area contributed by atoms with Crippen molar-refractivity contribution in [2.45, 2.75) is 65.1 Å². The molecule has 1 aliphatic heterocycles. The Kier molecular flexibility index (Phi) is 6.39. The summed E-state index contributed by atoms with van der Waals surface area (Å²) in [4.78, 5) is 19.2. The zero-order valence-corrected chi connectivity index (χ0v) is 14.6. The quantitative estimate of drug-likeness (QED) is 0.807. The van der Waals surface area contributed by atoms with Gasteiger partial charge in [-0.15, -0.1) is 0 Å². The van der Waals surface area contributed by atoms with E-state index in [-0.39, 0.29) is 24.1 Å². The van der Waals surface area contributed by atoms with Crippen LogP contribution in [0.4, 0.5) is 0 Å². The molecular formula is C18H28N2O3. The minimum atomic E-state index is 0.0447. The molecule has 1 aromatic rings. The van der Waals surface area contributed by atoms with Crippen molar-refractivity contribution in [3.63, 3.8) is 0 Å². The van der Waals surface area contributed by atoms with Crippen molar-refractivity contribution >= 4 is 5.91 Å². The third-order valence-corrected chi connectivity index (χ3v) is 4.25. The van der Waals surface area contributed by atoms with E-state index >= 15 is 0 Å². The number of carbonyl (C=O) groups excluding carboxylic acids is 1. The van der Waals surface area contributed by atoms with Crippen molar-refractivity contribution in [3.05, 3.63) is 23.9 Å². The second kappa shape index (κ2) is 8.29. The Morgan fingerprint density at radius 1 is 1.39 bits per heavy atom. The number of ether oxygens (including phenoxy) is 2. The Labute approximate surface area is 139 Å². The van der Waals surface area contributed by atoms with Crippen molar-refractivity contribution in [1.29, 1.82) is 0 Å². The highest BCUT2D eigenvalue weighted by Crippen LogP contribution is 2.21. The molecule has 0 spiro atoms. The number of pyridine rings is 1. The second-order valence-electron chi connectivity index (χ2n) is 6.37. The van der Waals surface area contributed by atoms with Gasteiger partial charge in [0.05, 0.1) is 6.10 Å². The normalized spacial score (nSPS) is 17.1. The van der Waals surface area contributed by atoms with E-state index in [1.54, 1.807) is 18.3 Å². The van der Waals surface area contributed by atoms with Gasteiger partial charge in [0.15, 0.2) is 0 Å². The first-order chi connectivity index (χ1) is 11.0. The fourth-order valence-corrected chi connectivity index (χ4v) is 2.83. The van der Waals surface area contributed by atoms with Gasteiger partial charge in [-0.1, -0.05) is 6.92 Å². The first-order valence-electron chi connectivity index (χ1n) is 8.56. The predicted octanol–water partition coefficient (Wildman–Crippen LogP) is 3.29. The lowest BCUT2D eigenvalue weighted by atomic mass is 10.0. The average molecular weight is 320 g/mol. The summed E-state index contributed by atoms with van der Waals surface area (Å²) in [6.07, 6.45) is 4.42. The van der Waals surface area contributed by atoms with Crippen LogP contribution in [0.15, 0.2) is 18.3 Å². The number of aromatic nitrogens is 1. The molecule has 1 atom stereocenters. The van der Waals surface area contributed by atoms with E-state index in [4.69, 9.17) is 9.47 Å². The molecule has 2 heterocycles. The zero-order valence-electron chi connectivity index (χ0n) is 14.6. The van der Waals surface area contributed by atoms with Crippen LogP contribution in [0.2, 0.25) is 0 Å². The third kappa shape index (κ3) is 4.67. The van der Waals surface area contributed by atoms with Gasteiger partial charge in [-0.25, -0.2) is 4.98 Å². The van der Waals surface area contributed by atoms with Gasteiger partial charge >= 0.3 is 0 Å². The summed E-state index contributed by atoms with van der Waals surface area (Å²) in [5, 5.41) is 0. The van der Waals surface area contributed by atoms with E-state index in [0.29, 0.717) is 11.4 Å². The Morgan fingerprint density at radius 3 is 2.70 bits per heavy atom. The number of amides is 1. The Hall–Kier alpha value is -1.62. The van der Waals surface area contributed by atoms with Gasteiger partial charge in [0.25, 0.3) is 5.91 Å². The van der Waals surface area contributed by atoms with Gasteiger partial charge in [0.2, 0.25) is 5.88 Å². The van der Waals surface area contributed by atoms with Crippen LogP contribution in [0.3, 0.4) is 0 Å². The maximum Gasteiger partial charge on any atom is 0.254 e. The molecule has 1 aromatic heterocycles. The topological polar surface area (TPSA) is 51.7 Å². The van der Waals surface area contributed by atoms with Crippen LogP contribution in [0.25, 0.3) is 0 Å². The van der Waals surface area contributed by atoms with E-state index < -0.39 is 0 Å². The molecule has 1 fully saturated rings. The maximum atomic E-state index is 13.0. The third-order valence-electron chi connectivity index (χ3n) is 4.25. The molecule has 0 aromatic carbocycles. The molecule has 0 aliphatic carbocycles. The van der Waals surface area contributed by atoms with Crippen LogP contribution in [-0.4, -0.2) is 47.2 Å².